The van der Waals surface area contributed by atoms with Crippen LogP contribution in [-0.4, -0.2) is 26.7 Å². The molecule has 104 valence electrons. The molecule has 1 aromatic heterocycles. The third-order valence-electron chi connectivity index (χ3n) is 2.72. The highest BCUT2D eigenvalue weighted by atomic mass is 35.5. The summed E-state index contributed by atoms with van der Waals surface area (Å²) < 4.78 is 1.97. The zero-order valence-electron chi connectivity index (χ0n) is 11.9. The Morgan fingerprint density at radius 3 is 2.56 bits per heavy atom. The number of nitrogens with zero attached hydrogens (tertiary/aromatic N) is 3. The quantitative estimate of drug-likeness (QED) is 0.740. The van der Waals surface area contributed by atoms with Crippen LogP contribution < -0.4 is 5.32 Å². The summed E-state index contributed by atoms with van der Waals surface area (Å²) in [6.45, 7) is 10.4. The Morgan fingerprint density at radius 1 is 1.28 bits per heavy atom. The number of alkyl halides is 1. The van der Waals surface area contributed by atoms with Crippen molar-refractivity contribution < 1.29 is 0 Å². The molecule has 1 unspecified atom stereocenters. The zero-order valence-corrected chi connectivity index (χ0v) is 12.6. The van der Waals surface area contributed by atoms with Gasteiger partial charge in [-0.15, -0.1) is 11.6 Å². The number of rotatable bonds is 8. The lowest BCUT2D eigenvalue weighted by atomic mass is 10.1. The Hall–Kier alpha value is -0.610. The molecule has 0 fully saturated rings. The van der Waals surface area contributed by atoms with Crippen LogP contribution in [0.3, 0.4) is 0 Å². The van der Waals surface area contributed by atoms with E-state index >= 15 is 0 Å². The molecule has 1 aromatic rings. The standard InChI is InChI=1S/C13H25ClN4/c1-10(2)5-12(6-14)15-7-13-16-9-17-18(13)8-11(3)4/h9-12,15H,5-8H2,1-4H3. The van der Waals surface area contributed by atoms with Gasteiger partial charge in [-0.3, -0.25) is 0 Å². The van der Waals surface area contributed by atoms with E-state index in [4.69, 9.17) is 11.6 Å². The molecular weight excluding hydrogens is 248 g/mol. The number of halogens is 1. The molecule has 1 atom stereocenters. The molecule has 0 bridgehead atoms. The number of hydrogen-bond donors (Lipinski definition) is 1. The van der Waals surface area contributed by atoms with E-state index < -0.39 is 0 Å². The van der Waals surface area contributed by atoms with Crippen LogP contribution in [0.4, 0.5) is 0 Å². The Labute approximate surface area is 115 Å². The molecule has 1 N–H and O–H groups in total. The monoisotopic (exact) mass is 272 g/mol. The zero-order chi connectivity index (χ0) is 13.5. The Kier molecular flexibility index (Phi) is 6.65. The van der Waals surface area contributed by atoms with Crippen molar-refractivity contribution in [3.8, 4) is 0 Å². The van der Waals surface area contributed by atoms with Gasteiger partial charge in [-0.05, 0) is 18.3 Å². The minimum atomic E-state index is 0.343. The number of hydrogen-bond acceptors (Lipinski definition) is 3. The van der Waals surface area contributed by atoms with Gasteiger partial charge in [-0.2, -0.15) is 5.10 Å². The van der Waals surface area contributed by atoms with Gasteiger partial charge in [0.1, 0.15) is 12.2 Å². The van der Waals surface area contributed by atoms with Crippen molar-refractivity contribution >= 4 is 11.6 Å². The second-order valence-corrected chi connectivity index (χ2v) is 5.92. The van der Waals surface area contributed by atoms with Gasteiger partial charge in [0.15, 0.2) is 0 Å². The van der Waals surface area contributed by atoms with Gasteiger partial charge in [0.05, 0.1) is 6.54 Å². The Bertz CT molecular complexity index is 335. The van der Waals surface area contributed by atoms with Crippen LogP contribution in [0.1, 0.15) is 39.9 Å². The highest BCUT2D eigenvalue weighted by Crippen LogP contribution is 2.07. The highest BCUT2D eigenvalue weighted by Gasteiger charge is 2.11. The third-order valence-corrected chi connectivity index (χ3v) is 3.10. The minimum Gasteiger partial charge on any atom is -0.306 e. The lowest BCUT2D eigenvalue weighted by Gasteiger charge is -2.18. The Balaban J connectivity index is 2.49. The van der Waals surface area contributed by atoms with Crippen molar-refractivity contribution in [2.75, 3.05) is 5.88 Å². The van der Waals surface area contributed by atoms with Crippen LogP contribution in [0.5, 0.6) is 0 Å². The molecule has 5 heteroatoms. The van der Waals surface area contributed by atoms with Gasteiger partial charge in [0.25, 0.3) is 0 Å². The Morgan fingerprint density at radius 2 is 2.00 bits per heavy atom. The maximum absolute atomic E-state index is 5.97. The summed E-state index contributed by atoms with van der Waals surface area (Å²) in [7, 11) is 0. The van der Waals surface area contributed by atoms with Crippen LogP contribution >= 0.6 is 11.6 Å². The molecule has 0 aliphatic rings. The topological polar surface area (TPSA) is 42.7 Å². The molecule has 0 amide bonds. The first-order valence-corrected chi connectivity index (χ1v) is 7.22. The van der Waals surface area contributed by atoms with Gasteiger partial charge in [-0.25, -0.2) is 9.67 Å². The minimum absolute atomic E-state index is 0.343. The van der Waals surface area contributed by atoms with Gasteiger partial charge < -0.3 is 5.32 Å². The summed E-state index contributed by atoms with van der Waals surface area (Å²) in [5, 5.41) is 7.72. The molecule has 0 aromatic carbocycles. The lowest BCUT2D eigenvalue weighted by molar-refractivity contribution is 0.418. The summed E-state index contributed by atoms with van der Waals surface area (Å²) in [5.41, 5.74) is 0. The van der Waals surface area contributed by atoms with Crippen LogP contribution in [0.15, 0.2) is 6.33 Å². The average Bonchev–Trinajstić information content (AvgIpc) is 2.70. The lowest BCUT2D eigenvalue weighted by Crippen LogP contribution is -2.32. The first-order chi connectivity index (χ1) is 8.52. The van der Waals surface area contributed by atoms with E-state index in [-0.39, 0.29) is 0 Å². The largest absolute Gasteiger partial charge is 0.306 e. The van der Waals surface area contributed by atoms with Crippen molar-refractivity contribution in [2.45, 2.75) is 53.2 Å². The summed E-state index contributed by atoms with van der Waals surface area (Å²) in [4.78, 5) is 4.30. The first-order valence-electron chi connectivity index (χ1n) is 6.69. The molecule has 0 radical (unpaired) electrons. The van der Waals surface area contributed by atoms with Crippen molar-refractivity contribution in [3.05, 3.63) is 12.2 Å². The molecule has 18 heavy (non-hydrogen) atoms. The molecule has 0 spiro atoms. The van der Waals surface area contributed by atoms with Crippen LogP contribution in [0.2, 0.25) is 0 Å². The second kappa shape index (κ2) is 7.74. The van der Waals surface area contributed by atoms with E-state index in [1.807, 2.05) is 4.68 Å². The maximum atomic E-state index is 5.97. The highest BCUT2D eigenvalue weighted by molar-refractivity contribution is 6.18. The second-order valence-electron chi connectivity index (χ2n) is 5.61. The molecule has 1 heterocycles. The smallest absolute Gasteiger partial charge is 0.140 e. The van der Waals surface area contributed by atoms with Crippen molar-refractivity contribution in [2.24, 2.45) is 11.8 Å². The fraction of sp³-hybridized carbons (Fsp3) is 0.846. The number of nitrogens with one attached hydrogen (secondary N) is 1. The number of aromatic nitrogens is 3. The van der Waals surface area contributed by atoms with Gasteiger partial charge in [0, 0.05) is 18.5 Å². The van der Waals surface area contributed by atoms with E-state index in [9.17, 15) is 0 Å². The first kappa shape index (κ1) is 15.4. The van der Waals surface area contributed by atoms with Crippen molar-refractivity contribution in [1.29, 1.82) is 0 Å². The third kappa shape index (κ3) is 5.36. The summed E-state index contributed by atoms with van der Waals surface area (Å²) in [5.74, 6) is 2.85. The SMILES string of the molecule is CC(C)CC(CCl)NCc1ncnn1CC(C)C. The van der Waals surface area contributed by atoms with E-state index in [2.05, 4.69) is 43.1 Å². The predicted molar refractivity (Wildman–Crippen MR) is 75.7 cm³/mol. The van der Waals surface area contributed by atoms with E-state index in [0.29, 0.717) is 23.8 Å². The molecule has 1 rings (SSSR count). The van der Waals surface area contributed by atoms with E-state index in [0.717, 1.165) is 25.3 Å². The fourth-order valence-corrected chi connectivity index (χ4v) is 2.16. The maximum Gasteiger partial charge on any atom is 0.140 e. The van der Waals surface area contributed by atoms with Gasteiger partial charge >= 0.3 is 0 Å². The summed E-state index contributed by atoms with van der Waals surface area (Å²) in [6, 6.07) is 0.343. The fourth-order valence-electron chi connectivity index (χ4n) is 1.93. The van der Waals surface area contributed by atoms with E-state index in [1.54, 1.807) is 6.33 Å². The van der Waals surface area contributed by atoms with Crippen molar-refractivity contribution in [3.63, 3.8) is 0 Å². The average molecular weight is 273 g/mol. The molecular formula is C13H25ClN4. The molecule has 0 aliphatic heterocycles. The summed E-state index contributed by atoms with van der Waals surface area (Å²) >= 11 is 5.97. The van der Waals surface area contributed by atoms with E-state index in [1.165, 1.54) is 0 Å². The van der Waals surface area contributed by atoms with Gasteiger partial charge in [0.2, 0.25) is 0 Å². The predicted octanol–water partition coefficient (Wildman–Crippen LogP) is 2.68. The molecule has 0 aliphatic carbocycles. The van der Waals surface area contributed by atoms with Gasteiger partial charge in [-0.1, -0.05) is 27.7 Å². The van der Waals surface area contributed by atoms with Crippen LogP contribution in [0.25, 0.3) is 0 Å². The van der Waals surface area contributed by atoms with Crippen LogP contribution in [-0.2, 0) is 13.1 Å². The molecule has 0 saturated heterocycles. The van der Waals surface area contributed by atoms with Crippen molar-refractivity contribution in [1.82, 2.24) is 20.1 Å². The molecule has 4 nitrogen and oxygen atoms in total. The van der Waals surface area contributed by atoms with Crippen LogP contribution in [0, 0.1) is 11.8 Å². The normalized spacial score (nSPS) is 13.5. The molecule has 0 saturated carbocycles. The summed E-state index contributed by atoms with van der Waals surface area (Å²) in [6.07, 6.45) is 2.71.